The van der Waals surface area contributed by atoms with Crippen molar-refractivity contribution in [2.75, 3.05) is 6.54 Å². The number of carbonyl (C=O) groups excluding carboxylic acids is 2. The van der Waals surface area contributed by atoms with Crippen LogP contribution in [0.3, 0.4) is 0 Å². The van der Waals surface area contributed by atoms with Crippen LogP contribution >= 0.6 is 15.9 Å². The lowest BCUT2D eigenvalue weighted by Gasteiger charge is -2.08. The van der Waals surface area contributed by atoms with Gasteiger partial charge < -0.3 is 10.1 Å². The van der Waals surface area contributed by atoms with Crippen LogP contribution in [0.15, 0.2) is 53.0 Å². The molecule has 5 heteroatoms. The Bertz CT molecular complexity index is 668. The summed E-state index contributed by atoms with van der Waals surface area (Å²) in [5.74, 6) is -0.0340. The number of amides is 1. The molecule has 2 aromatic rings. The fourth-order valence-electron chi connectivity index (χ4n) is 1.83. The first-order valence-corrected chi connectivity index (χ1v) is 7.65. The van der Waals surface area contributed by atoms with Crippen LogP contribution in [0.2, 0.25) is 0 Å². The van der Waals surface area contributed by atoms with Gasteiger partial charge in [0.1, 0.15) is 5.75 Å². The summed E-state index contributed by atoms with van der Waals surface area (Å²) in [6.07, 6.45) is 0.122. The molecule has 2 aromatic carbocycles. The molecule has 1 amide bonds. The predicted molar refractivity (Wildman–Crippen MR) is 87.9 cm³/mol. The van der Waals surface area contributed by atoms with Crippen LogP contribution in [-0.4, -0.2) is 18.4 Å². The Kier molecular flexibility index (Phi) is 5.72. The third-order valence-corrected chi connectivity index (χ3v) is 3.57. The SMILES string of the molecule is Cc1ccccc1OC(=O)CCNC(=O)c1ccc(Br)cc1. The van der Waals surface area contributed by atoms with Gasteiger partial charge in [-0.3, -0.25) is 9.59 Å². The summed E-state index contributed by atoms with van der Waals surface area (Å²) in [5, 5.41) is 2.69. The minimum atomic E-state index is -0.370. The highest BCUT2D eigenvalue weighted by atomic mass is 79.9. The maximum Gasteiger partial charge on any atom is 0.312 e. The van der Waals surface area contributed by atoms with Crippen molar-refractivity contribution in [3.63, 3.8) is 0 Å². The molecule has 1 N–H and O–H groups in total. The first-order chi connectivity index (χ1) is 10.6. The van der Waals surface area contributed by atoms with Crippen molar-refractivity contribution in [1.82, 2.24) is 5.32 Å². The second-order valence-corrected chi connectivity index (χ2v) is 5.67. The number of aryl methyl sites for hydroxylation is 1. The van der Waals surface area contributed by atoms with E-state index in [1.807, 2.05) is 25.1 Å². The second-order valence-electron chi connectivity index (χ2n) is 4.75. The molecular weight excluding hydrogens is 346 g/mol. The first-order valence-electron chi connectivity index (χ1n) is 6.86. The maximum atomic E-state index is 11.9. The van der Waals surface area contributed by atoms with Gasteiger partial charge in [0.25, 0.3) is 5.91 Å². The molecule has 0 radical (unpaired) electrons. The number of benzene rings is 2. The largest absolute Gasteiger partial charge is 0.426 e. The molecule has 0 bridgehead atoms. The fraction of sp³-hybridized carbons (Fsp3) is 0.176. The van der Waals surface area contributed by atoms with Gasteiger partial charge in [-0.25, -0.2) is 0 Å². The molecule has 0 unspecified atom stereocenters. The van der Waals surface area contributed by atoms with E-state index in [1.54, 1.807) is 30.3 Å². The Morgan fingerprint density at radius 3 is 2.45 bits per heavy atom. The molecule has 0 atom stereocenters. The molecule has 0 saturated heterocycles. The number of halogens is 1. The van der Waals surface area contributed by atoms with Gasteiger partial charge in [-0.1, -0.05) is 34.1 Å². The van der Waals surface area contributed by atoms with E-state index in [9.17, 15) is 9.59 Å². The molecule has 0 aliphatic rings. The van der Waals surface area contributed by atoms with E-state index in [0.717, 1.165) is 10.0 Å². The number of esters is 1. The number of rotatable bonds is 5. The normalized spacial score (nSPS) is 10.1. The smallest absolute Gasteiger partial charge is 0.312 e. The predicted octanol–water partition coefficient (Wildman–Crippen LogP) is 3.48. The average Bonchev–Trinajstić information content (AvgIpc) is 2.50. The molecule has 4 nitrogen and oxygen atoms in total. The summed E-state index contributed by atoms with van der Waals surface area (Å²) in [7, 11) is 0. The van der Waals surface area contributed by atoms with E-state index in [-0.39, 0.29) is 24.8 Å². The van der Waals surface area contributed by atoms with Gasteiger partial charge in [0.15, 0.2) is 0 Å². The minimum absolute atomic E-state index is 0.122. The number of ether oxygens (including phenoxy) is 1. The highest BCUT2D eigenvalue weighted by molar-refractivity contribution is 9.10. The zero-order valence-electron chi connectivity index (χ0n) is 12.1. The van der Waals surface area contributed by atoms with Gasteiger partial charge in [0.05, 0.1) is 6.42 Å². The summed E-state index contributed by atoms with van der Waals surface area (Å²) in [4.78, 5) is 23.6. The Balaban J connectivity index is 1.78. The Morgan fingerprint density at radius 2 is 1.77 bits per heavy atom. The monoisotopic (exact) mass is 361 g/mol. The summed E-state index contributed by atoms with van der Waals surface area (Å²) >= 11 is 3.31. The summed E-state index contributed by atoms with van der Waals surface area (Å²) in [6, 6.07) is 14.3. The van der Waals surface area contributed by atoms with E-state index in [0.29, 0.717) is 11.3 Å². The fourth-order valence-corrected chi connectivity index (χ4v) is 2.09. The van der Waals surface area contributed by atoms with Crippen LogP contribution in [-0.2, 0) is 4.79 Å². The molecule has 114 valence electrons. The quantitative estimate of drug-likeness (QED) is 0.655. The second kappa shape index (κ2) is 7.75. The average molecular weight is 362 g/mol. The van der Waals surface area contributed by atoms with Crippen molar-refractivity contribution < 1.29 is 14.3 Å². The third kappa shape index (κ3) is 4.70. The Labute approximate surface area is 137 Å². The molecule has 0 spiro atoms. The Morgan fingerprint density at radius 1 is 1.09 bits per heavy atom. The van der Waals surface area contributed by atoms with E-state index < -0.39 is 0 Å². The summed E-state index contributed by atoms with van der Waals surface area (Å²) in [6.45, 7) is 2.11. The lowest BCUT2D eigenvalue weighted by molar-refractivity contribution is -0.134. The van der Waals surface area contributed by atoms with Crippen LogP contribution in [0.5, 0.6) is 5.75 Å². The summed E-state index contributed by atoms with van der Waals surface area (Å²) < 4.78 is 6.16. The summed E-state index contributed by atoms with van der Waals surface area (Å²) in [5.41, 5.74) is 1.45. The van der Waals surface area contributed by atoms with Crippen LogP contribution in [0, 0.1) is 6.92 Å². The molecule has 0 aliphatic heterocycles. The van der Waals surface area contributed by atoms with Crippen molar-refractivity contribution >= 4 is 27.8 Å². The molecule has 0 aliphatic carbocycles. The Hall–Kier alpha value is -2.14. The van der Waals surface area contributed by atoms with E-state index in [1.165, 1.54) is 0 Å². The molecule has 0 fully saturated rings. The molecular formula is C17H16BrNO3. The van der Waals surface area contributed by atoms with Gasteiger partial charge in [-0.15, -0.1) is 0 Å². The standard InChI is InChI=1S/C17H16BrNO3/c1-12-4-2-3-5-15(12)22-16(20)10-11-19-17(21)13-6-8-14(18)9-7-13/h2-9H,10-11H2,1H3,(H,19,21). The number of nitrogens with one attached hydrogen (secondary N) is 1. The number of carbonyl (C=O) groups is 2. The van der Waals surface area contributed by atoms with Gasteiger partial charge in [-0.05, 0) is 42.8 Å². The zero-order valence-corrected chi connectivity index (χ0v) is 13.7. The van der Waals surface area contributed by atoms with Crippen molar-refractivity contribution in [3.8, 4) is 5.75 Å². The van der Waals surface area contributed by atoms with Crippen molar-refractivity contribution in [2.45, 2.75) is 13.3 Å². The molecule has 2 rings (SSSR count). The van der Waals surface area contributed by atoms with Crippen molar-refractivity contribution in [1.29, 1.82) is 0 Å². The number of para-hydroxylation sites is 1. The molecule has 22 heavy (non-hydrogen) atoms. The third-order valence-electron chi connectivity index (χ3n) is 3.04. The van der Waals surface area contributed by atoms with Gasteiger partial charge in [0, 0.05) is 16.6 Å². The highest BCUT2D eigenvalue weighted by Crippen LogP contribution is 2.16. The molecule has 0 aromatic heterocycles. The maximum absolute atomic E-state index is 11.9. The first kappa shape index (κ1) is 16.2. The van der Waals surface area contributed by atoms with Crippen LogP contribution in [0.4, 0.5) is 0 Å². The van der Waals surface area contributed by atoms with Gasteiger partial charge >= 0.3 is 5.97 Å². The highest BCUT2D eigenvalue weighted by Gasteiger charge is 2.09. The number of hydrogen-bond acceptors (Lipinski definition) is 3. The van der Waals surface area contributed by atoms with Crippen LogP contribution in [0.25, 0.3) is 0 Å². The molecule has 0 saturated carbocycles. The van der Waals surface area contributed by atoms with Crippen LogP contribution in [0.1, 0.15) is 22.3 Å². The zero-order chi connectivity index (χ0) is 15.9. The van der Waals surface area contributed by atoms with Gasteiger partial charge in [0.2, 0.25) is 0 Å². The minimum Gasteiger partial charge on any atom is -0.426 e. The topological polar surface area (TPSA) is 55.4 Å². The van der Waals surface area contributed by atoms with E-state index >= 15 is 0 Å². The van der Waals surface area contributed by atoms with Gasteiger partial charge in [-0.2, -0.15) is 0 Å². The number of hydrogen-bond donors (Lipinski definition) is 1. The van der Waals surface area contributed by atoms with Crippen LogP contribution < -0.4 is 10.1 Å². The lowest BCUT2D eigenvalue weighted by Crippen LogP contribution is -2.27. The lowest BCUT2D eigenvalue weighted by atomic mass is 10.2. The molecule has 0 heterocycles. The van der Waals surface area contributed by atoms with Crippen molar-refractivity contribution in [3.05, 3.63) is 64.1 Å². The van der Waals surface area contributed by atoms with Crippen molar-refractivity contribution in [2.24, 2.45) is 0 Å². The van der Waals surface area contributed by atoms with E-state index in [2.05, 4.69) is 21.2 Å². The van der Waals surface area contributed by atoms with E-state index in [4.69, 9.17) is 4.74 Å².